The summed E-state index contributed by atoms with van der Waals surface area (Å²) in [6, 6.07) is -0.390. The lowest BCUT2D eigenvalue weighted by molar-refractivity contribution is -0.142. The van der Waals surface area contributed by atoms with E-state index in [1.54, 1.807) is 0 Å². The van der Waals surface area contributed by atoms with E-state index in [0.717, 1.165) is 25.3 Å². The smallest absolute Gasteiger partial charge is 0.315 e. The van der Waals surface area contributed by atoms with Crippen molar-refractivity contribution in [2.24, 2.45) is 17.3 Å². The number of carbonyl (C=O) groups is 2. The first-order valence-corrected chi connectivity index (χ1v) is 7.38. The fourth-order valence-corrected chi connectivity index (χ4v) is 3.49. The van der Waals surface area contributed by atoms with E-state index in [1.807, 2.05) is 0 Å². The largest absolute Gasteiger partial charge is 0.481 e. The number of amides is 2. The van der Waals surface area contributed by atoms with Gasteiger partial charge in [0.1, 0.15) is 0 Å². The highest BCUT2D eigenvalue weighted by Crippen LogP contribution is 2.60. The Hall–Kier alpha value is -1.26. The van der Waals surface area contributed by atoms with Gasteiger partial charge in [-0.2, -0.15) is 0 Å². The zero-order valence-electron chi connectivity index (χ0n) is 11.2. The van der Waals surface area contributed by atoms with Gasteiger partial charge < -0.3 is 15.7 Å². The van der Waals surface area contributed by atoms with Gasteiger partial charge in [-0.1, -0.05) is 6.42 Å². The molecule has 0 spiro atoms. The van der Waals surface area contributed by atoms with Crippen molar-refractivity contribution < 1.29 is 14.7 Å². The van der Waals surface area contributed by atoms with E-state index < -0.39 is 11.9 Å². The van der Waals surface area contributed by atoms with Crippen molar-refractivity contribution >= 4 is 12.0 Å². The van der Waals surface area contributed by atoms with E-state index in [1.165, 1.54) is 25.7 Å². The van der Waals surface area contributed by atoms with Crippen LogP contribution < -0.4 is 10.6 Å². The number of rotatable bonds is 5. The molecule has 3 aliphatic carbocycles. The quantitative estimate of drug-likeness (QED) is 0.709. The Bertz CT molecular complexity index is 388. The summed E-state index contributed by atoms with van der Waals surface area (Å²) in [5, 5.41) is 14.9. The number of nitrogens with one attached hydrogen (secondary N) is 2. The third kappa shape index (κ3) is 2.69. The Morgan fingerprint density at radius 1 is 1.16 bits per heavy atom. The van der Waals surface area contributed by atoms with Gasteiger partial charge in [-0.3, -0.25) is 4.79 Å². The molecule has 3 saturated carbocycles. The molecular weight excluding hydrogens is 244 g/mol. The Kier molecular flexibility index (Phi) is 3.15. The lowest BCUT2D eigenvalue weighted by atomic mass is 10.0. The Balaban J connectivity index is 1.44. The standard InChI is InChI=1S/C14H22N2O3/c17-12(18)10-2-1-3-11(10)16-13(19)15-8-14(6-7-14)9-4-5-9/h9-11H,1-8H2,(H,17,18)(H2,15,16,19). The minimum atomic E-state index is -0.792. The third-order valence-electron chi connectivity index (χ3n) is 5.09. The molecule has 0 aromatic rings. The Labute approximate surface area is 113 Å². The highest BCUT2D eigenvalue weighted by atomic mass is 16.4. The van der Waals surface area contributed by atoms with Gasteiger partial charge in [-0.15, -0.1) is 0 Å². The fraction of sp³-hybridized carbons (Fsp3) is 0.857. The van der Waals surface area contributed by atoms with E-state index in [2.05, 4.69) is 10.6 Å². The van der Waals surface area contributed by atoms with Crippen molar-refractivity contribution in [1.82, 2.24) is 10.6 Å². The van der Waals surface area contributed by atoms with Crippen LogP contribution in [0.15, 0.2) is 0 Å². The predicted molar refractivity (Wildman–Crippen MR) is 69.7 cm³/mol. The molecule has 0 aliphatic heterocycles. The first-order chi connectivity index (χ1) is 9.11. The highest BCUT2D eigenvalue weighted by molar-refractivity contribution is 5.77. The summed E-state index contributed by atoms with van der Waals surface area (Å²) in [5.74, 6) is -0.380. The molecule has 0 saturated heterocycles. The SMILES string of the molecule is O=C(NCC1(C2CC2)CC1)NC1CCCC1C(=O)O. The van der Waals surface area contributed by atoms with Gasteiger partial charge in [-0.25, -0.2) is 4.79 Å². The molecule has 0 aromatic heterocycles. The molecule has 0 heterocycles. The maximum absolute atomic E-state index is 11.9. The molecule has 106 valence electrons. The molecule has 3 N–H and O–H groups in total. The number of hydrogen-bond donors (Lipinski definition) is 3. The average molecular weight is 266 g/mol. The zero-order chi connectivity index (χ0) is 13.5. The van der Waals surface area contributed by atoms with Gasteiger partial charge >= 0.3 is 12.0 Å². The maximum atomic E-state index is 11.9. The first-order valence-electron chi connectivity index (χ1n) is 7.38. The second-order valence-corrected chi connectivity index (χ2v) is 6.45. The average Bonchev–Trinajstić information content (AvgIpc) is 3.25. The molecule has 3 fully saturated rings. The van der Waals surface area contributed by atoms with Crippen LogP contribution in [0.4, 0.5) is 4.79 Å². The fourth-order valence-electron chi connectivity index (χ4n) is 3.49. The van der Waals surface area contributed by atoms with Crippen LogP contribution >= 0.6 is 0 Å². The van der Waals surface area contributed by atoms with Crippen LogP contribution in [0.3, 0.4) is 0 Å². The highest BCUT2D eigenvalue weighted by Gasteiger charge is 2.53. The van der Waals surface area contributed by atoms with Gasteiger partial charge in [0.15, 0.2) is 0 Å². The number of carboxylic acid groups (broad SMARTS) is 1. The molecule has 3 aliphatic rings. The number of carbonyl (C=O) groups excluding carboxylic acids is 1. The summed E-state index contributed by atoms with van der Waals surface area (Å²) in [5.41, 5.74) is 0.388. The summed E-state index contributed by atoms with van der Waals surface area (Å²) in [6.45, 7) is 0.758. The van der Waals surface area contributed by atoms with Crippen molar-refractivity contribution in [3.05, 3.63) is 0 Å². The minimum absolute atomic E-state index is 0.190. The van der Waals surface area contributed by atoms with Crippen LogP contribution in [0.25, 0.3) is 0 Å². The number of carboxylic acids is 1. The topological polar surface area (TPSA) is 78.4 Å². The molecule has 5 heteroatoms. The number of aliphatic carboxylic acids is 1. The summed E-state index contributed by atoms with van der Waals surface area (Å²) in [4.78, 5) is 22.9. The molecule has 2 atom stereocenters. The molecule has 0 bridgehead atoms. The normalized spacial score (nSPS) is 31.8. The summed E-state index contributed by atoms with van der Waals surface area (Å²) >= 11 is 0. The van der Waals surface area contributed by atoms with Crippen LogP contribution in [0.5, 0.6) is 0 Å². The van der Waals surface area contributed by atoms with Crippen LogP contribution in [-0.4, -0.2) is 29.7 Å². The molecule has 5 nitrogen and oxygen atoms in total. The van der Waals surface area contributed by atoms with E-state index in [9.17, 15) is 9.59 Å². The second kappa shape index (κ2) is 4.69. The molecule has 19 heavy (non-hydrogen) atoms. The van der Waals surface area contributed by atoms with E-state index in [4.69, 9.17) is 5.11 Å². The van der Waals surface area contributed by atoms with E-state index in [-0.39, 0.29) is 12.1 Å². The second-order valence-electron chi connectivity index (χ2n) is 6.45. The predicted octanol–water partition coefficient (Wildman–Crippen LogP) is 1.73. The first kappa shape index (κ1) is 12.8. The van der Waals surface area contributed by atoms with Crippen LogP contribution in [0.1, 0.15) is 44.9 Å². The Morgan fingerprint density at radius 3 is 2.47 bits per heavy atom. The van der Waals surface area contributed by atoms with E-state index in [0.29, 0.717) is 11.8 Å². The maximum Gasteiger partial charge on any atom is 0.315 e. The van der Waals surface area contributed by atoms with Crippen molar-refractivity contribution in [2.75, 3.05) is 6.54 Å². The van der Waals surface area contributed by atoms with Gasteiger partial charge in [0, 0.05) is 12.6 Å². The summed E-state index contributed by atoms with van der Waals surface area (Å²) in [6.07, 6.45) is 7.43. The van der Waals surface area contributed by atoms with Gasteiger partial charge in [-0.05, 0) is 49.9 Å². The molecule has 0 aromatic carbocycles. The monoisotopic (exact) mass is 266 g/mol. The van der Waals surface area contributed by atoms with Gasteiger partial charge in [0.2, 0.25) is 0 Å². The van der Waals surface area contributed by atoms with Crippen molar-refractivity contribution in [3.8, 4) is 0 Å². The molecule has 2 unspecified atom stereocenters. The van der Waals surface area contributed by atoms with Crippen LogP contribution in [0.2, 0.25) is 0 Å². The summed E-state index contributed by atoms with van der Waals surface area (Å²) < 4.78 is 0. The van der Waals surface area contributed by atoms with E-state index >= 15 is 0 Å². The van der Waals surface area contributed by atoms with Crippen LogP contribution in [0, 0.1) is 17.3 Å². The number of urea groups is 1. The summed E-state index contributed by atoms with van der Waals surface area (Å²) in [7, 11) is 0. The minimum Gasteiger partial charge on any atom is -0.481 e. The molecule has 3 rings (SSSR count). The Morgan fingerprint density at radius 2 is 1.89 bits per heavy atom. The molecule has 2 amide bonds. The van der Waals surface area contributed by atoms with Gasteiger partial charge in [0.05, 0.1) is 5.92 Å². The van der Waals surface area contributed by atoms with Crippen molar-refractivity contribution in [2.45, 2.75) is 51.0 Å². The van der Waals surface area contributed by atoms with Crippen molar-refractivity contribution in [1.29, 1.82) is 0 Å². The lowest BCUT2D eigenvalue weighted by Gasteiger charge is -2.20. The zero-order valence-corrected chi connectivity index (χ0v) is 11.2. The lowest BCUT2D eigenvalue weighted by Crippen LogP contribution is -2.46. The third-order valence-corrected chi connectivity index (χ3v) is 5.09. The van der Waals surface area contributed by atoms with Gasteiger partial charge in [0.25, 0.3) is 0 Å². The number of hydrogen-bond acceptors (Lipinski definition) is 2. The van der Waals surface area contributed by atoms with Crippen molar-refractivity contribution in [3.63, 3.8) is 0 Å². The molecular formula is C14H22N2O3. The molecule has 0 radical (unpaired) electrons. The van der Waals surface area contributed by atoms with Crippen LogP contribution in [-0.2, 0) is 4.79 Å².